The Bertz CT molecular complexity index is 1150. The van der Waals surface area contributed by atoms with Crippen molar-refractivity contribution in [2.45, 2.75) is 63.1 Å². The Morgan fingerprint density at radius 2 is 1.91 bits per heavy atom. The summed E-state index contributed by atoms with van der Waals surface area (Å²) in [6, 6.07) is 10.3. The van der Waals surface area contributed by atoms with E-state index in [0.29, 0.717) is 11.3 Å². The summed E-state index contributed by atoms with van der Waals surface area (Å²) in [6.07, 6.45) is -1.21. The molecule has 1 aromatic carbocycles. The number of hydrogen-bond donors (Lipinski definition) is 2. The number of fused-ring (bicyclic) bond motifs is 2. The topological polar surface area (TPSA) is 85.1 Å². The molecule has 0 amide bonds. The van der Waals surface area contributed by atoms with Crippen LogP contribution in [-0.2, 0) is 0 Å². The lowest BCUT2D eigenvalue weighted by Gasteiger charge is -2.43. The average Bonchev–Trinajstić information content (AvgIpc) is 3.26. The van der Waals surface area contributed by atoms with Gasteiger partial charge in [0, 0.05) is 36.7 Å². The molecule has 7 nitrogen and oxygen atoms in total. The summed E-state index contributed by atoms with van der Waals surface area (Å²) < 4.78 is 37.0. The normalized spacial score (nSPS) is 31.6. The van der Waals surface area contributed by atoms with Crippen LogP contribution in [0.15, 0.2) is 42.6 Å². The number of hydrogen-bond acceptors (Lipinski definition) is 6. The van der Waals surface area contributed by atoms with Crippen LogP contribution in [0.25, 0.3) is 16.9 Å². The van der Waals surface area contributed by atoms with Gasteiger partial charge in [-0.15, -0.1) is 10.2 Å². The Morgan fingerprint density at radius 3 is 2.56 bits per heavy atom. The fraction of sp³-hybridized carbons (Fsp3) is 0.435. The maximum absolute atomic E-state index is 15.1. The van der Waals surface area contributed by atoms with Crippen LogP contribution < -0.4 is 10.1 Å². The molecule has 5 rings (SSSR count). The van der Waals surface area contributed by atoms with Crippen LogP contribution in [0.4, 0.5) is 8.78 Å². The number of phenolic OH excluding ortho intramolecular Hbond substituents is 1. The molecule has 2 fully saturated rings. The zero-order chi connectivity index (χ0) is 22.7. The highest BCUT2D eigenvalue weighted by Gasteiger charge is 2.61. The molecule has 2 bridgehead atoms. The van der Waals surface area contributed by atoms with E-state index >= 15 is 4.39 Å². The van der Waals surface area contributed by atoms with Crippen LogP contribution in [0.1, 0.15) is 32.4 Å². The second kappa shape index (κ2) is 7.23. The predicted molar refractivity (Wildman–Crippen MR) is 114 cm³/mol. The van der Waals surface area contributed by atoms with Crippen molar-refractivity contribution in [2.75, 3.05) is 0 Å². The van der Waals surface area contributed by atoms with Gasteiger partial charge in [0.05, 0.1) is 28.2 Å². The molecule has 9 heteroatoms. The number of phenols is 1. The van der Waals surface area contributed by atoms with Gasteiger partial charge in [-0.05, 0) is 45.0 Å². The molecule has 0 aliphatic carbocycles. The van der Waals surface area contributed by atoms with Crippen molar-refractivity contribution in [3.05, 3.63) is 48.3 Å². The maximum Gasteiger partial charge on any atom is 0.233 e. The number of rotatable bonds is 4. The Labute approximate surface area is 184 Å². The number of halogens is 2. The second-order valence-electron chi connectivity index (χ2n) is 9.25. The third kappa shape index (κ3) is 3.40. The van der Waals surface area contributed by atoms with Gasteiger partial charge in [0.15, 0.2) is 6.17 Å². The second-order valence-corrected chi connectivity index (χ2v) is 9.25. The van der Waals surface area contributed by atoms with Gasteiger partial charge in [0.1, 0.15) is 18.0 Å². The molecule has 2 N–H and O–H groups in total. The van der Waals surface area contributed by atoms with Gasteiger partial charge in [-0.2, -0.15) is 5.10 Å². The van der Waals surface area contributed by atoms with E-state index in [1.807, 2.05) is 25.3 Å². The first-order valence-corrected chi connectivity index (χ1v) is 10.6. The lowest BCUT2D eigenvalue weighted by atomic mass is 9.84. The zero-order valence-electron chi connectivity index (χ0n) is 18.1. The monoisotopic (exact) mass is 441 g/mol. The van der Waals surface area contributed by atoms with E-state index in [-0.39, 0.29) is 24.5 Å². The van der Waals surface area contributed by atoms with Crippen molar-refractivity contribution in [1.82, 2.24) is 25.3 Å². The van der Waals surface area contributed by atoms with Gasteiger partial charge in [-0.1, -0.05) is 0 Å². The van der Waals surface area contributed by atoms with E-state index in [1.165, 1.54) is 0 Å². The molecule has 32 heavy (non-hydrogen) atoms. The standard InChI is InChI=1S/C23H25F2N5O2/c1-13-8-9-30(28-13)14-4-5-15(17(31)10-14)16-6-7-20(27-26-16)32-18-11-22(2)19(24)12-23(3,29-22)21(18)25/h4-10,18-19,21,29,31H,11-12H2,1-3H3. The molecule has 2 saturated heterocycles. The molecule has 2 aliphatic heterocycles. The molecular formula is C23H25F2N5O2. The Hall–Kier alpha value is -3.07. The van der Waals surface area contributed by atoms with E-state index < -0.39 is 29.5 Å². The fourth-order valence-corrected chi connectivity index (χ4v) is 4.89. The summed E-state index contributed by atoms with van der Waals surface area (Å²) in [7, 11) is 0. The molecule has 0 spiro atoms. The van der Waals surface area contributed by atoms with E-state index in [1.54, 1.807) is 42.8 Å². The number of aromatic hydroxyl groups is 1. The molecule has 0 saturated carbocycles. The Balaban J connectivity index is 1.34. The highest BCUT2D eigenvalue weighted by Crippen LogP contribution is 2.46. The number of piperidine rings is 1. The molecule has 3 aromatic rings. The first kappa shape index (κ1) is 20.8. The first-order chi connectivity index (χ1) is 15.2. The van der Waals surface area contributed by atoms with Crippen molar-refractivity contribution in [3.8, 4) is 28.6 Å². The molecule has 5 unspecified atom stereocenters. The van der Waals surface area contributed by atoms with Crippen LogP contribution in [-0.4, -0.2) is 54.6 Å². The SMILES string of the molecule is Cc1ccn(-c2ccc(-c3ccc(OC4CC5(C)NC(C)(CC5F)C4F)nn3)c(O)c2)n1. The largest absolute Gasteiger partial charge is 0.507 e. The van der Waals surface area contributed by atoms with Crippen LogP contribution >= 0.6 is 0 Å². The van der Waals surface area contributed by atoms with Gasteiger partial charge in [-0.3, -0.25) is 0 Å². The van der Waals surface area contributed by atoms with Gasteiger partial charge < -0.3 is 15.2 Å². The van der Waals surface area contributed by atoms with E-state index in [2.05, 4.69) is 20.6 Å². The minimum Gasteiger partial charge on any atom is -0.507 e. The van der Waals surface area contributed by atoms with Gasteiger partial charge >= 0.3 is 0 Å². The number of ether oxygens (including phenoxy) is 1. The van der Waals surface area contributed by atoms with Crippen molar-refractivity contribution in [3.63, 3.8) is 0 Å². The van der Waals surface area contributed by atoms with Crippen molar-refractivity contribution < 1.29 is 18.6 Å². The number of alkyl halides is 2. The summed E-state index contributed by atoms with van der Waals surface area (Å²) in [4.78, 5) is 0. The molecular weight excluding hydrogens is 416 g/mol. The minimum atomic E-state index is -1.37. The molecule has 2 aliphatic rings. The highest BCUT2D eigenvalue weighted by molar-refractivity contribution is 5.68. The molecule has 0 radical (unpaired) electrons. The van der Waals surface area contributed by atoms with Crippen LogP contribution in [0.5, 0.6) is 11.6 Å². The van der Waals surface area contributed by atoms with Crippen LogP contribution in [0, 0.1) is 6.92 Å². The number of aromatic nitrogens is 4. The third-order valence-corrected chi connectivity index (χ3v) is 6.58. The molecule has 2 aromatic heterocycles. The van der Waals surface area contributed by atoms with Crippen molar-refractivity contribution in [1.29, 1.82) is 0 Å². The number of nitrogens with zero attached hydrogens (tertiary/aromatic N) is 4. The number of benzene rings is 1. The third-order valence-electron chi connectivity index (χ3n) is 6.58. The van der Waals surface area contributed by atoms with Crippen molar-refractivity contribution >= 4 is 0 Å². The van der Waals surface area contributed by atoms with Gasteiger partial charge in [0.25, 0.3) is 0 Å². The maximum atomic E-state index is 15.1. The van der Waals surface area contributed by atoms with E-state index in [4.69, 9.17) is 4.74 Å². The quantitative estimate of drug-likeness (QED) is 0.643. The summed E-state index contributed by atoms with van der Waals surface area (Å²) >= 11 is 0. The summed E-state index contributed by atoms with van der Waals surface area (Å²) in [5.41, 5.74) is 0.747. The first-order valence-electron chi connectivity index (χ1n) is 10.6. The smallest absolute Gasteiger partial charge is 0.233 e. The summed E-state index contributed by atoms with van der Waals surface area (Å²) in [5.74, 6) is 0.195. The lowest BCUT2D eigenvalue weighted by molar-refractivity contribution is -0.0131. The molecule has 168 valence electrons. The average molecular weight is 441 g/mol. The van der Waals surface area contributed by atoms with Crippen LogP contribution in [0.3, 0.4) is 0 Å². The Morgan fingerprint density at radius 1 is 1.09 bits per heavy atom. The lowest BCUT2D eigenvalue weighted by Crippen LogP contribution is -2.64. The fourth-order valence-electron chi connectivity index (χ4n) is 4.89. The predicted octanol–water partition coefficient (Wildman–Crippen LogP) is 3.68. The van der Waals surface area contributed by atoms with E-state index in [0.717, 1.165) is 11.4 Å². The van der Waals surface area contributed by atoms with Gasteiger partial charge in [-0.25, -0.2) is 13.5 Å². The zero-order valence-corrected chi connectivity index (χ0v) is 18.1. The van der Waals surface area contributed by atoms with Crippen molar-refractivity contribution in [2.24, 2.45) is 0 Å². The molecule has 4 heterocycles. The van der Waals surface area contributed by atoms with E-state index in [9.17, 15) is 9.50 Å². The van der Waals surface area contributed by atoms with Crippen LogP contribution in [0.2, 0.25) is 0 Å². The molecule has 5 atom stereocenters. The summed E-state index contributed by atoms with van der Waals surface area (Å²) in [5, 5.41) is 26.1. The Kier molecular flexibility index (Phi) is 4.70. The summed E-state index contributed by atoms with van der Waals surface area (Å²) in [6.45, 7) is 5.34. The highest BCUT2D eigenvalue weighted by atomic mass is 19.1. The number of aryl methyl sites for hydroxylation is 1. The van der Waals surface area contributed by atoms with Gasteiger partial charge in [0.2, 0.25) is 5.88 Å². The minimum absolute atomic E-state index is 0.0345. The number of nitrogens with one attached hydrogen (secondary N) is 1.